The highest BCUT2D eigenvalue weighted by Gasteiger charge is 2.48. The number of amides is 2. The van der Waals surface area contributed by atoms with E-state index in [0.29, 0.717) is 36.2 Å². The number of morpholine rings is 1. The van der Waals surface area contributed by atoms with Gasteiger partial charge in [0, 0.05) is 51.4 Å². The fourth-order valence-corrected chi connectivity index (χ4v) is 11.3. The number of likely N-dealkylation sites (tertiary alicyclic amines) is 2. The lowest BCUT2D eigenvalue weighted by molar-refractivity contribution is -0.141. The number of aromatic nitrogens is 2. The molecule has 4 atom stereocenters. The van der Waals surface area contributed by atoms with Crippen LogP contribution in [0.1, 0.15) is 114 Å². The van der Waals surface area contributed by atoms with Crippen LogP contribution in [0.5, 0.6) is 0 Å². The molecule has 0 bridgehead atoms. The quantitative estimate of drug-likeness (QED) is 0.202. The summed E-state index contributed by atoms with van der Waals surface area (Å²) in [6.07, 6.45) is 10.8. The van der Waals surface area contributed by atoms with E-state index in [1.807, 2.05) is 25.4 Å². The Balaban J connectivity index is 0.801. The maximum absolute atomic E-state index is 14.3. The van der Waals surface area contributed by atoms with Gasteiger partial charge in [0.15, 0.2) is 11.6 Å². The van der Waals surface area contributed by atoms with Crippen molar-refractivity contribution in [3.8, 4) is 10.4 Å². The van der Waals surface area contributed by atoms with Crippen molar-refractivity contribution in [2.45, 2.75) is 123 Å². The maximum atomic E-state index is 14.3. The van der Waals surface area contributed by atoms with Crippen LogP contribution in [0.15, 0.2) is 40.4 Å². The van der Waals surface area contributed by atoms with Crippen LogP contribution >= 0.6 is 11.3 Å². The molecule has 1 saturated carbocycles. The van der Waals surface area contributed by atoms with E-state index in [9.17, 15) is 9.59 Å². The molecule has 2 aromatic heterocycles. The molecule has 1 aromatic carbocycles. The Labute approximate surface area is 343 Å². The van der Waals surface area contributed by atoms with Crippen molar-refractivity contribution < 1.29 is 18.8 Å². The zero-order chi connectivity index (χ0) is 39.7. The summed E-state index contributed by atoms with van der Waals surface area (Å²) in [6.45, 7) is 19.7. The highest BCUT2D eigenvalue weighted by molar-refractivity contribution is 7.13. The van der Waals surface area contributed by atoms with Gasteiger partial charge in [-0.1, -0.05) is 50.2 Å². The van der Waals surface area contributed by atoms with Gasteiger partial charge in [-0.05, 0) is 113 Å². The molecule has 5 fully saturated rings. The van der Waals surface area contributed by atoms with Crippen LogP contribution in [0.25, 0.3) is 10.4 Å². The highest BCUT2D eigenvalue weighted by atomic mass is 32.1. The van der Waals surface area contributed by atoms with Crippen molar-refractivity contribution in [1.29, 1.82) is 0 Å². The Hall–Kier alpha value is -3.32. The number of aryl methyl sites for hydroxylation is 1. The molecule has 3 unspecified atom stereocenters. The first-order valence-corrected chi connectivity index (χ1v) is 22.9. The molecule has 2 amide bonds. The van der Waals surface area contributed by atoms with Gasteiger partial charge < -0.3 is 29.3 Å². The Kier molecular flexibility index (Phi) is 12.4. The number of piperidine rings is 2. The van der Waals surface area contributed by atoms with Crippen molar-refractivity contribution in [2.75, 3.05) is 63.9 Å². The van der Waals surface area contributed by atoms with Gasteiger partial charge in [0.1, 0.15) is 12.0 Å². The standard InChI is InChI=1S/C45H65N7O4S/c1-6-37-28-51(22-23-55-37)36-25-45(26-36)15-20-49(21-16-45)27-33-13-18-50(19-14-33)40-24-39(56-48-40)41(30(2)3)44(54)52-17-7-8-38(52)43(53)47-31(4)34-9-11-35(12-10-34)42-32(5)46-29-57-42/h9-12,24,29-31,33,36-38,41H,6-8,13-23,25-28H2,1-5H3,(H,47,53)/t31?,37-,38?,41?/m1/s1. The van der Waals surface area contributed by atoms with E-state index in [1.165, 1.54) is 45.3 Å². The number of thiazole rings is 1. The fraction of sp³-hybridized carbons (Fsp3) is 0.689. The van der Waals surface area contributed by atoms with Crippen LogP contribution in [0.4, 0.5) is 5.82 Å². The van der Waals surface area contributed by atoms with Gasteiger partial charge in [-0.15, -0.1) is 11.3 Å². The number of nitrogens with zero attached hydrogens (tertiary/aromatic N) is 6. The molecule has 1 aliphatic carbocycles. The highest BCUT2D eigenvalue weighted by Crippen LogP contribution is 2.51. The lowest BCUT2D eigenvalue weighted by atomic mass is 9.60. The number of hydrogen-bond donors (Lipinski definition) is 1. The van der Waals surface area contributed by atoms with Crippen LogP contribution < -0.4 is 10.2 Å². The molecule has 3 aromatic rings. The zero-order valence-corrected chi connectivity index (χ0v) is 35.8. The number of carbonyl (C=O) groups excluding carboxylic acids is 2. The Bertz CT molecular complexity index is 1800. The summed E-state index contributed by atoms with van der Waals surface area (Å²) in [6, 6.07) is 10.4. The topological polar surface area (TPSA) is 107 Å². The Morgan fingerprint density at radius 2 is 1.75 bits per heavy atom. The van der Waals surface area contributed by atoms with Crippen LogP contribution in [0.3, 0.4) is 0 Å². The predicted octanol–water partition coefficient (Wildman–Crippen LogP) is 7.29. The molecule has 12 heteroatoms. The lowest BCUT2D eigenvalue weighted by Crippen LogP contribution is -2.58. The number of anilines is 1. The second-order valence-corrected chi connectivity index (χ2v) is 19.2. The number of rotatable bonds is 12. The number of hydrogen-bond acceptors (Lipinski definition) is 10. The van der Waals surface area contributed by atoms with Crippen molar-refractivity contribution in [3.05, 3.63) is 52.9 Å². The molecule has 4 aliphatic heterocycles. The minimum absolute atomic E-state index is 0.00439. The fourth-order valence-electron chi connectivity index (χ4n) is 10.5. The number of carbonyl (C=O) groups is 2. The van der Waals surface area contributed by atoms with E-state index in [-0.39, 0.29) is 23.8 Å². The third-order valence-electron chi connectivity index (χ3n) is 14.2. The van der Waals surface area contributed by atoms with Gasteiger partial charge >= 0.3 is 0 Å². The second kappa shape index (κ2) is 17.5. The molecular weight excluding hydrogens is 735 g/mol. The summed E-state index contributed by atoms with van der Waals surface area (Å²) >= 11 is 1.63. The molecule has 1 N–H and O–H groups in total. The van der Waals surface area contributed by atoms with Crippen molar-refractivity contribution in [3.63, 3.8) is 0 Å². The molecule has 310 valence electrons. The Morgan fingerprint density at radius 3 is 2.44 bits per heavy atom. The summed E-state index contributed by atoms with van der Waals surface area (Å²) in [4.78, 5) is 43.1. The predicted molar refractivity (Wildman–Crippen MR) is 225 cm³/mol. The van der Waals surface area contributed by atoms with Crippen molar-refractivity contribution >= 4 is 29.0 Å². The molecule has 4 saturated heterocycles. The average Bonchev–Trinajstić information content (AvgIpc) is 4.00. The normalized spacial score (nSPS) is 24.9. The van der Waals surface area contributed by atoms with Gasteiger partial charge in [-0.3, -0.25) is 14.5 Å². The second-order valence-electron chi connectivity index (χ2n) is 18.3. The summed E-state index contributed by atoms with van der Waals surface area (Å²) < 4.78 is 11.9. The molecule has 0 radical (unpaired) electrons. The average molecular weight is 800 g/mol. The first kappa shape index (κ1) is 40.5. The summed E-state index contributed by atoms with van der Waals surface area (Å²) in [5.41, 5.74) is 5.63. The van der Waals surface area contributed by atoms with E-state index < -0.39 is 12.0 Å². The Morgan fingerprint density at radius 1 is 1.00 bits per heavy atom. The van der Waals surface area contributed by atoms with E-state index in [2.05, 4.69) is 75.2 Å². The van der Waals surface area contributed by atoms with Gasteiger partial charge in [-0.2, -0.15) is 0 Å². The molecule has 6 heterocycles. The van der Waals surface area contributed by atoms with Crippen molar-refractivity contribution in [2.24, 2.45) is 17.3 Å². The largest absolute Gasteiger partial charge is 0.376 e. The number of benzene rings is 1. The monoisotopic (exact) mass is 799 g/mol. The molecule has 1 spiro atoms. The minimum Gasteiger partial charge on any atom is -0.376 e. The zero-order valence-electron chi connectivity index (χ0n) is 35.0. The van der Waals surface area contributed by atoms with Gasteiger partial charge in [0.25, 0.3) is 0 Å². The van der Waals surface area contributed by atoms with E-state index in [0.717, 1.165) is 92.0 Å². The van der Waals surface area contributed by atoms with Crippen LogP contribution in [-0.2, 0) is 14.3 Å². The third-order valence-corrected chi connectivity index (χ3v) is 15.2. The van der Waals surface area contributed by atoms with E-state index >= 15 is 0 Å². The van der Waals surface area contributed by atoms with Gasteiger partial charge in [-0.25, -0.2) is 4.98 Å². The molecular formula is C45H65N7O4S. The smallest absolute Gasteiger partial charge is 0.243 e. The number of nitrogens with one attached hydrogen (secondary N) is 1. The summed E-state index contributed by atoms with van der Waals surface area (Å²) in [7, 11) is 0. The molecule has 8 rings (SSSR count). The van der Waals surface area contributed by atoms with Gasteiger partial charge in [0.05, 0.1) is 34.8 Å². The molecule has 57 heavy (non-hydrogen) atoms. The summed E-state index contributed by atoms with van der Waals surface area (Å²) in [5, 5.41) is 7.71. The van der Waals surface area contributed by atoms with Crippen LogP contribution in [0, 0.1) is 24.2 Å². The lowest BCUT2D eigenvalue weighted by Gasteiger charge is -2.56. The molecule has 5 aliphatic rings. The maximum Gasteiger partial charge on any atom is 0.243 e. The number of ether oxygens (including phenoxy) is 1. The van der Waals surface area contributed by atoms with Crippen molar-refractivity contribution in [1.82, 2.24) is 30.2 Å². The summed E-state index contributed by atoms with van der Waals surface area (Å²) in [5.74, 6) is 1.48. The molecule has 11 nitrogen and oxygen atoms in total. The minimum atomic E-state index is -0.499. The van der Waals surface area contributed by atoms with Crippen LogP contribution in [-0.4, -0.2) is 114 Å². The first-order valence-electron chi connectivity index (χ1n) is 22.0. The third kappa shape index (κ3) is 8.85. The van der Waals surface area contributed by atoms with E-state index in [1.54, 1.807) is 16.2 Å². The van der Waals surface area contributed by atoms with E-state index in [4.69, 9.17) is 9.26 Å². The SMILES string of the molecule is CC[C@@H]1CN(C2CC3(CCN(CC4CCN(c5cc(C(C(=O)N6CCCC6C(=O)NC(C)c6ccc(-c7scnc7C)cc6)C(C)C)on5)CC4)CC3)C2)CCO1. The van der Waals surface area contributed by atoms with Crippen LogP contribution in [0.2, 0.25) is 0 Å². The van der Waals surface area contributed by atoms with Gasteiger partial charge in [0.2, 0.25) is 11.8 Å². The first-order chi connectivity index (χ1) is 27.6.